The standard InChI is InChI=1S/C18H19N3S/c1-13-5-6-14(8-11-19-13)16-12-20-21-17(16)15-4-3-9-18(2,22)10-7-15/h3-13,22H,1-2H3,(H,20,21). The third-order valence-corrected chi connectivity index (χ3v) is 3.98. The van der Waals surface area contributed by atoms with Gasteiger partial charge in [-0.3, -0.25) is 10.1 Å². The van der Waals surface area contributed by atoms with Gasteiger partial charge < -0.3 is 0 Å². The van der Waals surface area contributed by atoms with Crippen molar-refractivity contribution < 1.29 is 0 Å². The Kier molecular flexibility index (Phi) is 4.03. The van der Waals surface area contributed by atoms with Crippen LogP contribution in [0.3, 0.4) is 0 Å². The van der Waals surface area contributed by atoms with E-state index in [0.717, 1.165) is 22.4 Å². The summed E-state index contributed by atoms with van der Waals surface area (Å²) in [6.07, 6.45) is 20.3. The Morgan fingerprint density at radius 2 is 2.05 bits per heavy atom. The van der Waals surface area contributed by atoms with Gasteiger partial charge in [-0.1, -0.05) is 42.5 Å². The van der Waals surface area contributed by atoms with Gasteiger partial charge in [-0.2, -0.15) is 17.7 Å². The van der Waals surface area contributed by atoms with Crippen LogP contribution < -0.4 is 0 Å². The fourth-order valence-corrected chi connectivity index (χ4v) is 2.56. The van der Waals surface area contributed by atoms with Crippen LogP contribution >= 0.6 is 12.6 Å². The van der Waals surface area contributed by atoms with E-state index in [1.807, 2.05) is 24.6 Å². The van der Waals surface area contributed by atoms with Crippen molar-refractivity contribution in [3.63, 3.8) is 0 Å². The molecule has 1 aliphatic heterocycles. The maximum atomic E-state index is 4.60. The summed E-state index contributed by atoms with van der Waals surface area (Å²) in [4.78, 5) is 4.39. The molecule has 0 spiro atoms. The highest BCUT2D eigenvalue weighted by Crippen LogP contribution is 2.29. The second-order valence-electron chi connectivity index (χ2n) is 5.72. The Morgan fingerprint density at radius 1 is 1.18 bits per heavy atom. The third kappa shape index (κ3) is 3.22. The number of aliphatic imine (C=N–C) groups is 1. The van der Waals surface area contributed by atoms with Gasteiger partial charge in [0.15, 0.2) is 0 Å². The zero-order chi connectivity index (χ0) is 15.6. The number of rotatable bonds is 2. The van der Waals surface area contributed by atoms with E-state index in [9.17, 15) is 0 Å². The monoisotopic (exact) mass is 309 g/mol. The molecule has 0 aromatic carbocycles. The number of aromatic amines is 1. The van der Waals surface area contributed by atoms with Crippen LogP contribution in [0.4, 0.5) is 0 Å². The highest BCUT2D eigenvalue weighted by atomic mass is 32.1. The fourth-order valence-electron chi connectivity index (χ4n) is 2.39. The summed E-state index contributed by atoms with van der Waals surface area (Å²) in [6.45, 7) is 4.12. The molecule has 0 fully saturated rings. The van der Waals surface area contributed by atoms with Crippen molar-refractivity contribution in [2.24, 2.45) is 4.99 Å². The van der Waals surface area contributed by atoms with Crippen molar-refractivity contribution in [3.05, 3.63) is 66.1 Å². The molecule has 1 aliphatic carbocycles. The van der Waals surface area contributed by atoms with Crippen molar-refractivity contribution in [3.8, 4) is 0 Å². The Labute approximate surface area is 136 Å². The van der Waals surface area contributed by atoms with Crippen LogP contribution in [0.25, 0.3) is 11.1 Å². The lowest BCUT2D eigenvalue weighted by Gasteiger charge is -2.11. The predicted molar refractivity (Wildman–Crippen MR) is 97.3 cm³/mol. The molecule has 112 valence electrons. The van der Waals surface area contributed by atoms with Gasteiger partial charge in [0, 0.05) is 16.5 Å². The molecule has 2 unspecified atom stereocenters. The van der Waals surface area contributed by atoms with Gasteiger partial charge in [-0.15, -0.1) is 0 Å². The quantitative estimate of drug-likeness (QED) is 0.796. The lowest BCUT2D eigenvalue weighted by molar-refractivity contribution is 0.936. The van der Waals surface area contributed by atoms with Gasteiger partial charge >= 0.3 is 0 Å². The molecule has 2 atom stereocenters. The first kappa shape index (κ1) is 14.9. The van der Waals surface area contributed by atoms with Gasteiger partial charge in [0.05, 0.1) is 17.9 Å². The Morgan fingerprint density at radius 3 is 2.91 bits per heavy atom. The van der Waals surface area contributed by atoms with E-state index in [4.69, 9.17) is 0 Å². The summed E-state index contributed by atoms with van der Waals surface area (Å²) in [5, 5.41) is 7.34. The molecule has 0 saturated heterocycles. The largest absolute Gasteiger partial charge is 0.286 e. The molecule has 0 radical (unpaired) electrons. The van der Waals surface area contributed by atoms with E-state index < -0.39 is 0 Å². The molecule has 22 heavy (non-hydrogen) atoms. The number of hydrogen-bond acceptors (Lipinski definition) is 3. The predicted octanol–water partition coefficient (Wildman–Crippen LogP) is 4.02. The molecule has 2 aliphatic rings. The van der Waals surface area contributed by atoms with Gasteiger partial charge in [0.25, 0.3) is 0 Å². The van der Waals surface area contributed by atoms with E-state index in [-0.39, 0.29) is 10.8 Å². The Balaban J connectivity index is 1.99. The van der Waals surface area contributed by atoms with Crippen LogP contribution in [0.15, 0.2) is 59.8 Å². The fraction of sp³-hybridized carbons (Fsp3) is 0.222. The molecule has 1 N–H and O–H groups in total. The minimum absolute atomic E-state index is 0.203. The minimum atomic E-state index is -0.234. The molecular weight excluding hydrogens is 290 g/mol. The normalized spacial score (nSPS) is 27.3. The molecule has 0 bridgehead atoms. The second-order valence-corrected chi connectivity index (χ2v) is 6.68. The molecule has 3 nitrogen and oxygen atoms in total. The summed E-state index contributed by atoms with van der Waals surface area (Å²) >= 11 is 4.60. The number of H-pyrrole nitrogens is 1. The van der Waals surface area contributed by atoms with Crippen LogP contribution in [0, 0.1) is 0 Å². The van der Waals surface area contributed by atoms with Crippen molar-refractivity contribution in [2.75, 3.05) is 0 Å². The summed E-state index contributed by atoms with van der Waals surface area (Å²) in [5.41, 5.74) is 4.27. The van der Waals surface area contributed by atoms with E-state index in [2.05, 4.69) is 78.1 Å². The molecule has 0 amide bonds. The van der Waals surface area contributed by atoms with Crippen LogP contribution in [-0.2, 0) is 0 Å². The van der Waals surface area contributed by atoms with Crippen LogP contribution in [-0.4, -0.2) is 27.2 Å². The number of aromatic nitrogens is 2. The van der Waals surface area contributed by atoms with E-state index in [0.29, 0.717) is 0 Å². The highest BCUT2D eigenvalue weighted by molar-refractivity contribution is 7.82. The summed E-state index contributed by atoms with van der Waals surface area (Å²) in [7, 11) is 0. The maximum absolute atomic E-state index is 4.60. The summed E-state index contributed by atoms with van der Waals surface area (Å²) in [6, 6.07) is 0.203. The maximum Gasteiger partial charge on any atom is 0.0728 e. The van der Waals surface area contributed by atoms with Crippen molar-refractivity contribution in [2.45, 2.75) is 24.6 Å². The third-order valence-electron chi connectivity index (χ3n) is 3.68. The molecule has 2 heterocycles. The average Bonchev–Trinajstić information content (AvgIpc) is 2.75. The van der Waals surface area contributed by atoms with Gasteiger partial charge in [-0.25, -0.2) is 0 Å². The van der Waals surface area contributed by atoms with E-state index in [1.54, 1.807) is 0 Å². The molecule has 1 aromatic heterocycles. The molecule has 3 rings (SSSR count). The van der Waals surface area contributed by atoms with Crippen LogP contribution in [0.1, 0.15) is 25.1 Å². The zero-order valence-corrected chi connectivity index (χ0v) is 13.6. The Hall–Kier alpha value is -2.07. The van der Waals surface area contributed by atoms with Crippen molar-refractivity contribution >= 4 is 30.0 Å². The number of nitrogens with zero attached hydrogens (tertiary/aromatic N) is 2. The van der Waals surface area contributed by atoms with E-state index >= 15 is 0 Å². The Bertz CT molecular complexity index is 742. The average molecular weight is 309 g/mol. The SMILES string of the molecule is CC1C=CC(c2cn[nH]c2C2=CC=CC(C)(S)C=C2)=CC=N1. The van der Waals surface area contributed by atoms with Gasteiger partial charge in [-0.05, 0) is 31.1 Å². The van der Waals surface area contributed by atoms with E-state index in [1.165, 1.54) is 0 Å². The number of hydrogen-bond donors (Lipinski definition) is 2. The topological polar surface area (TPSA) is 41.0 Å². The number of nitrogens with one attached hydrogen (secondary N) is 1. The lowest BCUT2D eigenvalue weighted by atomic mass is 10.0. The van der Waals surface area contributed by atoms with Gasteiger partial charge in [0.2, 0.25) is 0 Å². The first-order chi connectivity index (χ1) is 10.6. The number of allylic oxidation sites excluding steroid dienone is 7. The molecule has 1 aromatic rings. The molecular formula is C18H19N3S. The molecule has 4 heteroatoms. The lowest BCUT2D eigenvalue weighted by Crippen LogP contribution is -2.06. The first-order valence-corrected chi connectivity index (χ1v) is 7.77. The van der Waals surface area contributed by atoms with Crippen LogP contribution in [0.2, 0.25) is 0 Å². The minimum Gasteiger partial charge on any atom is -0.286 e. The smallest absolute Gasteiger partial charge is 0.0728 e. The first-order valence-electron chi connectivity index (χ1n) is 7.32. The van der Waals surface area contributed by atoms with Crippen LogP contribution in [0.5, 0.6) is 0 Å². The number of thiol groups is 1. The summed E-state index contributed by atoms with van der Waals surface area (Å²) < 4.78 is -0.234. The van der Waals surface area contributed by atoms with Crippen molar-refractivity contribution in [1.29, 1.82) is 0 Å². The second kappa shape index (κ2) is 5.97. The zero-order valence-electron chi connectivity index (χ0n) is 12.7. The van der Waals surface area contributed by atoms with Crippen molar-refractivity contribution in [1.82, 2.24) is 10.2 Å². The molecule has 0 saturated carbocycles. The van der Waals surface area contributed by atoms with Gasteiger partial charge in [0.1, 0.15) is 0 Å². The highest BCUT2D eigenvalue weighted by Gasteiger charge is 2.16. The summed E-state index contributed by atoms with van der Waals surface area (Å²) in [5.74, 6) is 0.